The molecule has 1 fully saturated rings. The van der Waals surface area contributed by atoms with Crippen LogP contribution in [0.25, 0.3) is 0 Å². The average molecular weight is 264 g/mol. The molecule has 1 aromatic heterocycles. The van der Waals surface area contributed by atoms with E-state index >= 15 is 0 Å². The standard InChI is InChI=1S/C15H24N2O2/c1-15(2,3)17-10-12-9-13(6-7-16-12)19-11-14-5-4-8-18-14/h6-7,9,14,17H,4-5,8,10-11H2,1-3H3. The number of hydrogen-bond acceptors (Lipinski definition) is 4. The van der Waals surface area contributed by atoms with E-state index in [0.29, 0.717) is 6.61 Å². The van der Waals surface area contributed by atoms with Crippen molar-refractivity contribution in [2.75, 3.05) is 13.2 Å². The molecule has 106 valence electrons. The monoisotopic (exact) mass is 264 g/mol. The van der Waals surface area contributed by atoms with Crippen LogP contribution in [0.3, 0.4) is 0 Å². The van der Waals surface area contributed by atoms with Gasteiger partial charge in [-0.15, -0.1) is 0 Å². The van der Waals surface area contributed by atoms with Crippen molar-refractivity contribution in [3.63, 3.8) is 0 Å². The number of rotatable bonds is 5. The molecule has 4 heteroatoms. The van der Waals surface area contributed by atoms with Gasteiger partial charge in [-0.2, -0.15) is 0 Å². The van der Waals surface area contributed by atoms with E-state index in [9.17, 15) is 0 Å². The van der Waals surface area contributed by atoms with Crippen LogP contribution in [0.5, 0.6) is 5.75 Å². The van der Waals surface area contributed by atoms with Gasteiger partial charge in [0.25, 0.3) is 0 Å². The lowest BCUT2D eigenvalue weighted by Crippen LogP contribution is -2.35. The lowest BCUT2D eigenvalue weighted by atomic mass is 10.1. The Balaban J connectivity index is 1.84. The second-order valence-corrected chi connectivity index (χ2v) is 6.03. The third-order valence-corrected chi connectivity index (χ3v) is 3.05. The number of pyridine rings is 1. The Hall–Kier alpha value is -1.13. The second-order valence-electron chi connectivity index (χ2n) is 6.03. The molecule has 1 atom stereocenters. The van der Waals surface area contributed by atoms with Crippen LogP contribution in [-0.2, 0) is 11.3 Å². The van der Waals surface area contributed by atoms with Crippen molar-refractivity contribution in [2.24, 2.45) is 0 Å². The second kappa shape index (κ2) is 6.35. The smallest absolute Gasteiger partial charge is 0.122 e. The maximum Gasteiger partial charge on any atom is 0.122 e. The Kier molecular flexibility index (Phi) is 4.77. The maximum absolute atomic E-state index is 5.77. The Morgan fingerprint density at radius 1 is 1.47 bits per heavy atom. The molecule has 1 aliphatic rings. The molecule has 1 saturated heterocycles. The average Bonchev–Trinajstić information content (AvgIpc) is 2.87. The van der Waals surface area contributed by atoms with Gasteiger partial charge in [0, 0.05) is 31.0 Å². The van der Waals surface area contributed by atoms with E-state index in [2.05, 4.69) is 31.1 Å². The van der Waals surface area contributed by atoms with Gasteiger partial charge in [-0.25, -0.2) is 0 Å². The first-order valence-corrected chi connectivity index (χ1v) is 6.97. The van der Waals surface area contributed by atoms with Crippen molar-refractivity contribution in [2.45, 2.75) is 51.8 Å². The van der Waals surface area contributed by atoms with Crippen molar-refractivity contribution >= 4 is 0 Å². The van der Waals surface area contributed by atoms with Crippen molar-refractivity contribution in [1.29, 1.82) is 0 Å². The van der Waals surface area contributed by atoms with Crippen LogP contribution in [0.2, 0.25) is 0 Å². The summed E-state index contributed by atoms with van der Waals surface area (Å²) >= 11 is 0. The Morgan fingerprint density at radius 3 is 3.00 bits per heavy atom. The van der Waals surface area contributed by atoms with Gasteiger partial charge in [-0.3, -0.25) is 4.98 Å². The van der Waals surface area contributed by atoms with Gasteiger partial charge in [0.05, 0.1) is 11.8 Å². The predicted molar refractivity (Wildman–Crippen MR) is 75.3 cm³/mol. The van der Waals surface area contributed by atoms with Gasteiger partial charge < -0.3 is 14.8 Å². The Bertz CT molecular complexity index is 395. The number of nitrogens with one attached hydrogen (secondary N) is 1. The summed E-state index contributed by atoms with van der Waals surface area (Å²) in [6.45, 7) is 8.68. The molecule has 0 aromatic carbocycles. The highest BCUT2D eigenvalue weighted by atomic mass is 16.5. The molecule has 2 rings (SSSR count). The summed E-state index contributed by atoms with van der Waals surface area (Å²) in [4.78, 5) is 4.35. The third kappa shape index (κ3) is 5.17. The number of hydrogen-bond donors (Lipinski definition) is 1. The molecule has 0 amide bonds. The first-order chi connectivity index (χ1) is 9.03. The van der Waals surface area contributed by atoms with Crippen molar-refractivity contribution in [3.05, 3.63) is 24.0 Å². The van der Waals surface area contributed by atoms with Gasteiger partial charge in [-0.05, 0) is 39.7 Å². The van der Waals surface area contributed by atoms with Crippen LogP contribution in [0, 0.1) is 0 Å². The van der Waals surface area contributed by atoms with E-state index in [1.807, 2.05) is 12.1 Å². The zero-order valence-corrected chi connectivity index (χ0v) is 12.1. The van der Waals surface area contributed by atoms with E-state index in [1.54, 1.807) is 6.20 Å². The van der Waals surface area contributed by atoms with Gasteiger partial charge in [-0.1, -0.05) is 0 Å². The van der Waals surface area contributed by atoms with E-state index < -0.39 is 0 Å². The number of aromatic nitrogens is 1. The lowest BCUT2D eigenvalue weighted by Gasteiger charge is -2.20. The third-order valence-electron chi connectivity index (χ3n) is 3.05. The molecule has 4 nitrogen and oxygen atoms in total. The van der Waals surface area contributed by atoms with Crippen LogP contribution >= 0.6 is 0 Å². The molecule has 0 saturated carbocycles. The van der Waals surface area contributed by atoms with E-state index in [0.717, 1.165) is 37.4 Å². The largest absolute Gasteiger partial charge is 0.491 e. The Labute approximate surface area is 115 Å². The first-order valence-electron chi connectivity index (χ1n) is 6.97. The fourth-order valence-corrected chi connectivity index (χ4v) is 1.96. The molecular weight excluding hydrogens is 240 g/mol. The zero-order chi connectivity index (χ0) is 13.7. The molecular formula is C15H24N2O2. The minimum Gasteiger partial charge on any atom is -0.491 e. The molecule has 19 heavy (non-hydrogen) atoms. The Morgan fingerprint density at radius 2 is 2.32 bits per heavy atom. The molecule has 1 N–H and O–H groups in total. The fraction of sp³-hybridized carbons (Fsp3) is 0.667. The van der Waals surface area contributed by atoms with Gasteiger partial charge in [0.1, 0.15) is 12.4 Å². The lowest BCUT2D eigenvalue weighted by molar-refractivity contribution is 0.0679. The van der Waals surface area contributed by atoms with Crippen LogP contribution in [0.15, 0.2) is 18.3 Å². The fourth-order valence-electron chi connectivity index (χ4n) is 1.96. The maximum atomic E-state index is 5.77. The molecule has 0 spiro atoms. The summed E-state index contributed by atoms with van der Waals surface area (Å²) < 4.78 is 11.3. The topological polar surface area (TPSA) is 43.4 Å². The van der Waals surface area contributed by atoms with Gasteiger partial charge in [0.2, 0.25) is 0 Å². The van der Waals surface area contributed by atoms with Crippen molar-refractivity contribution in [1.82, 2.24) is 10.3 Å². The summed E-state index contributed by atoms with van der Waals surface area (Å²) in [6.07, 6.45) is 4.29. The van der Waals surface area contributed by atoms with Crippen molar-refractivity contribution in [3.8, 4) is 5.75 Å². The summed E-state index contributed by atoms with van der Waals surface area (Å²) in [7, 11) is 0. The first kappa shape index (κ1) is 14.3. The number of nitrogens with zero attached hydrogens (tertiary/aromatic N) is 1. The molecule has 2 heterocycles. The van der Waals surface area contributed by atoms with Gasteiger partial charge in [0.15, 0.2) is 0 Å². The summed E-state index contributed by atoms with van der Waals surface area (Å²) in [5.74, 6) is 0.871. The normalized spacial score (nSPS) is 19.6. The van der Waals surface area contributed by atoms with Crippen LogP contribution in [0.4, 0.5) is 0 Å². The molecule has 1 aliphatic heterocycles. The molecule has 1 unspecified atom stereocenters. The SMILES string of the molecule is CC(C)(C)NCc1cc(OCC2CCCO2)ccn1. The van der Waals surface area contributed by atoms with Crippen molar-refractivity contribution < 1.29 is 9.47 Å². The van der Waals surface area contributed by atoms with Crippen LogP contribution in [0.1, 0.15) is 39.3 Å². The number of ether oxygens (including phenoxy) is 2. The van der Waals surface area contributed by atoms with E-state index in [-0.39, 0.29) is 11.6 Å². The van der Waals surface area contributed by atoms with E-state index in [4.69, 9.17) is 9.47 Å². The summed E-state index contributed by atoms with van der Waals surface area (Å²) in [5.41, 5.74) is 1.09. The van der Waals surface area contributed by atoms with Gasteiger partial charge >= 0.3 is 0 Å². The predicted octanol–water partition coefficient (Wildman–Crippen LogP) is 2.53. The highest BCUT2D eigenvalue weighted by Gasteiger charge is 2.16. The minimum atomic E-state index is 0.0935. The van der Waals surface area contributed by atoms with Crippen LogP contribution < -0.4 is 10.1 Å². The molecule has 0 bridgehead atoms. The highest BCUT2D eigenvalue weighted by molar-refractivity contribution is 5.22. The molecule has 0 radical (unpaired) electrons. The minimum absolute atomic E-state index is 0.0935. The highest BCUT2D eigenvalue weighted by Crippen LogP contribution is 2.16. The van der Waals surface area contributed by atoms with E-state index in [1.165, 1.54) is 0 Å². The quantitative estimate of drug-likeness (QED) is 0.887. The summed E-state index contributed by atoms with van der Waals surface area (Å²) in [6, 6.07) is 3.89. The zero-order valence-electron chi connectivity index (χ0n) is 12.1. The summed E-state index contributed by atoms with van der Waals surface area (Å²) in [5, 5.41) is 3.42. The molecule has 1 aromatic rings. The molecule has 0 aliphatic carbocycles. The van der Waals surface area contributed by atoms with Crippen LogP contribution in [-0.4, -0.2) is 29.8 Å².